The summed E-state index contributed by atoms with van der Waals surface area (Å²) < 4.78 is 0. The van der Waals surface area contributed by atoms with Crippen LogP contribution in [0.3, 0.4) is 0 Å². The molecule has 0 unspecified atom stereocenters. The second-order valence-corrected chi connectivity index (χ2v) is 8.47. The first-order chi connectivity index (χ1) is 15.2. The molecule has 1 fully saturated rings. The summed E-state index contributed by atoms with van der Waals surface area (Å²) in [5, 5.41) is 7.39. The smallest absolute Gasteiger partial charge is 0.248 e. The Labute approximate surface area is 194 Å². The standard InChI is InChI=1S/C26H28N4O.ClH/c31-25-8-7-21-9-13-27-24(26(21)29-25)12-16-30-14-10-23(11-15-30)28-18-19-5-6-20-3-1-2-4-22(20)17-19;/h1-9,13,17,23,28H,10-12,14-16,18H2,(H,29,31);1H. The van der Waals surface area contributed by atoms with Crippen LogP contribution < -0.4 is 10.9 Å². The van der Waals surface area contributed by atoms with E-state index in [0.29, 0.717) is 6.04 Å². The lowest BCUT2D eigenvalue weighted by Crippen LogP contribution is -2.42. The fourth-order valence-corrected chi connectivity index (χ4v) is 4.56. The highest BCUT2D eigenvalue weighted by Crippen LogP contribution is 2.18. The molecule has 5 nitrogen and oxygen atoms in total. The van der Waals surface area contributed by atoms with E-state index in [1.54, 1.807) is 6.07 Å². The molecule has 32 heavy (non-hydrogen) atoms. The second kappa shape index (κ2) is 10.3. The third-order valence-electron chi connectivity index (χ3n) is 6.39. The molecule has 3 heterocycles. The first-order valence-electron chi connectivity index (χ1n) is 11.1. The molecule has 0 spiro atoms. The highest BCUT2D eigenvalue weighted by molar-refractivity contribution is 5.85. The summed E-state index contributed by atoms with van der Waals surface area (Å²) in [6.07, 6.45) is 5.01. The molecule has 0 saturated carbocycles. The van der Waals surface area contributed by atoms with Crippen LogP contribution in [0.2, 0.25) is 0 Å². The van der Waals surface area contributed by atoms with Gasteiger partial charge in [-0.1, -0.05) is 36.4 Å². The van der Waals surface area contributed by atoms with Crippen LogP contribution in [-0.4, -0.2) is 40.5 Å². The predicted molar refractivity (Wildman–Crippen MR) is 134 cm³/mol. The fourth-order valence-electron chi connectivity index (χ4n) is 4.56. The molecule has 1 aliphatic rings. The van der Waals surface area contributed by atoms with Crippen molar-refractivity contribution in [3.05, 3.63) is 88.5 Å². The molecule has 5 rings (SSSR count). The van der Waals surface area contributed by atoms with Gasteiger partial charge < -0.3 is 15.2 Å². The maximum atomic E-state index is 11.7. The second-order valence-electron chi connectivity index (χ2n) is 8.47. The topological polar surface area (TPSA) is 61.0 Å². The van der Waals surface area contributed by atoms with E-state index in [2.05, 4.69) is 62.6 Å². The zero-order chi connectivity index (χ0) is 21.0. The number of fused-ring (bicyclic) bond motifs is 2. The van der Waals surface area contributed by atoms with Crippen molar-refractivity contribution in [3.63, 3.8) is 0 Å². The maximum absolute atomic E-state index is 11.7. The molecule has 2 aromatic carbocycles. The van der Waals surface area contributed by atoms with Gasteiger partial charge in [0.2, 0.25) is 5.56 Å². The van der Waals surface area contributed by atoms with E-state index in [4.69, 9.17) is 0 Å². The number of pyridine rings is 2. The lowest BCUT2D eigenvalue weighted by molar-refractivity contribution is 0.199. The Hall–Kier alpha value is -2.73. The molecular weight excluding hydrogens is 420 g/mol. The Morgan fingerprint density at radius 2 is 1.75 bits per heavy atom. The quantitative estimate of drug-likeness (QED) is 0.461. The van der Waals surface area contributed by atoms with Crippen LogP contribution in [-0.2, 0) is 13.0 Å². The summed E-state index contributed by atoms with van der Waals surface area (Å²) in [6, 6.07) is 21.2. The first-order valence-corrected chi connectivity index (χ1v) is 11.1. The third-order valence-corrected chi connectivity index (χ3v) is 6.39. The van der Waals surface area contributed by atoms with Gasteiger partial charge in [0, 0.05) is 43.2 Å². The molecule has 1 aliphatic heterocycles. The SMILES string of the molecule is Cl.O=c1ccc2ccnc(CCN3CCC(NCc4ccc5ccccc5c4)CC3)c2[nH]1. The van der Waals surface area contributed by atoms with Crippen molar-refractivity contribution < 1.29 is 0 Å². The Kier molecular flexibility index (Phi) is 7.20. The Morgan fingerprint density at radius 1 is 0.969 bits per heavy atom. The van der Waals surface area contributed by atoms with Crippen LogP contribution in [0.15, 0.2) is 71.7 Å². The molecule has 6 heteroatoms. The molecule has 1 saturated heterocycles. The summed E-state index contributed by atoms with van der Waals surface area (Å²) in [5.74, 6) is 0. The molecular formula is C26H29ClN4O. The van der Waals surface area contributed by atoms with Crippen molar-refractivity contribution in [2.45, 2.75) is 31.8 Å². The normalized spacial score (nSPS) is 15.1. The molecule has 2 aromatic heterocycles. The van der Waals surface area contributed by atoms with E-state index in [1.807, 2.05) is 18.3 Å². The summed E-state index contributed by atoms with van der Waals surface area (Å²) in [6.45, 7) is 4.08. The fraction of sp³-hybridized carbons (Fsp3) is 0.308. The van der Waals surface area contributed by atoms with Gasteiger partial charge in [-0.3, -0.25) is 9.78 Å². The van der Waals surface area contributed by atoms with E-state index in [1.165, 1.54) is 16.3 Å². The Bertz CT molecular complexity index is 1250. The number of likely N-dealkylation sites (tertiary alicyclic amines) is 1. The third kappa shape index (κ3) is 5.18. The first kappa shape index (κ1) is 22.5. The molecule has 0 atom stereocenters. The highest BCUT2D eigenvalue weighted by atomic mass is 35.5. The zero-order valence-corrected chi connectivity index (χ0v) is 18.9. The van der Waals surface area contributed by atoms with Crippen LogP contribution in [0, 0.1) is 0 Å². The monoisotopic (exact) mass is 448 g/mol. The zero-order valence-electron chi connectivity index (χ0n) is 18.1. The average Bonchev–Trinajstić information content (AvgIpc) is 2.82. The summed E-state index contributed by atoms with van der Waals surface area (Å²) in [4.78, 5) is 21.7. The van der Waals surface area contributed by atoms with E-state index >= 15 is 0 Å². The number of H-pyrrole nitrogens is 1. The minimum atomic E-state index is -0.0694. The number of aromatic amines is 1. The van der Waals surface area contributed by atoms with Gasteiger partial charge in [0.15, 0.2) is 0 Å². The van der Waals surface area contributed by atoms with Gasteiger partial charge in [-0.2, -0.15) is 0 Å². The Balaban J connectivity index is 0.00000245. The van der Waals surface area contributed by atoms with Crippen LogP contribution in [0.1, 0.15) is 24.1 Å². The Morgan fingerprint density at radius 3 is 2.59 bits per heavy atom. The molecule has 2 N–H and O–H groups in total. The van der Waals surface area contributed by atoms with Gasteiger partial charge in [-0.25, -0.2) is 0 Å². The van der Waals surface area contributed by atoms with Crippen LogP contribution >= 0.6 is 12.4 Å². The molecule has 0 bridgehead atoms. The van der Waals surface area contributed by atoms with Crippen molar-refractivity contribution in [1.29, 1.82) is 0 Å². The molecule has 166 valence electrons. The lowest BCUT2D eigenvalue weighted by Gasteiger charge is -2.32. The highest BCUT2D eigenvalue weighted by Gasteiger charge is 2.19. The molecule has 4 aromatic rings. The van der Waals surface area contributed by atoms with Crippen LogP contribution in [0.5, 0.6) is 0 Å². The van der Waals surface area contributed by atoms with Crippen LogP contribution in [0.4, 0.5) is 0 Å². The maximum Gasteiger partial charge on any atom is 0.248 e. The number of hydrogen-bond donors (Lipinski definition) is 2. The summed E-state index contributed by atoms with van der Waals surface area (Å²) >= 11 is 0. The van der Waals surface area contributed by atoms with Crippen LogP contribution in [0.25, 0.3) is 21.7 Å². The van der Waals surface area contributed by atoms with Gasteiger partial charge in [-0.05, 0) is 60.5 Å². The van der Waals surface area contributed by atoms with Gasteiger partial charge in [-0.15, -0.1) is 12.4 Å². The number of benzene rings is 2. The largest absolute Gasteiger partial charge is 0.320 e. The summed E-state index contributed by atoms with van der Waals surface area (Å²) in [5.41, 5.74) is 3.13. The molecule has 0 radical (unpaired) electrons. The van der Waals surface area contributed by atoms with E-state index in [9.17, 15) is 4.79 Å². The van der Waals surface area contributed by atoms with Gasteiger partial charge in [0.1, 0.15) is 0 Å². The van der Waals surface area contributed by atoms with Crippen molar-refractivity contribution in [1.82, 2.24) is 20.2 Å². The van der Waals surface area contributed by atoms with E-state index < -0.39 is 0 Å². The van der Waals surface area contributed by atoms with Crippen molar-refractivity contribution in [2.75, 3.05) is 19.6 Å². The predicted octanol–water partition coefficient (Wildman–Crippen LogP) is 4.29. The number of piperidine rings is 1. The van der Waals surface area contributed by atoms with Gasteiger partial charge in [0.25, 0.3) is 0 Å². The number of rotatable bonds is 6. The molecule has 0 amide bonds. The van der Waals surface area contributed by atoms with Gasteiger partial charge in [0.05, 0.1) is 11.2 Å². The van der Waals surface area contributed by atoms with Crippen molar-refractivity contribution in [2.24, 2.45) is 0 Å². The number of nitrogens with zero attached hydrogens (tertiary/aromatic N) is 2. The average molecular weight is 449 g/mol. The number of nitrogens with one attached hydrogen (secondary N) is 2. The number of hydrogen-bond acceptors (Lipinski definition) is 4. The van der Waals surface area contributed by atoms with Gasteiger partial charge >= 0.3 is 0 Å². The number of halogens is 1. The van der Waals surface area contributed by atoms with E-state index in [0.717, 1.165) is 62.0 Å². The lowest BCUT2D eigenvalue weighted by atomic mass is 10.0. The molecule has 0 aliphatic carbocycles. The minimum Gasteiger partial charge on any atom is -0.320 e. The summed E-state index contributed by atoms with van der Waals surface area (Å²) in [7, 11) is 0. The minimum absolute atomic E-state index is 0. The van der Waals surface area contributed by atoms with E-state index in [-0.39, 0.29) is 18.0 Å². The number of aromatic nitrogens is 2. The van der Waals surface area contributed by atoms with Crippen molar-refractivity contribution >= 4 is 34.1 Å². The van der Waals surface area contributed by atoms with Crippen molar-refractivity contribution in [3.8, 4) is 0 Å².